The van der Waals surface area contributed by atoms with Crippen LogP contribution in [0.4, 0.5) is 17.6 Å². The maximum atomic E-state index is 12.0. The highest BCUT2D eigenvalue weighted by Crippen LogP contribution is 2.19. The van der Waals surface area contributed by atoms with Crippen molar-refractivity contribution in [2.24, 2.45) is 0 Å². The van der Waals surface area contributed by atoms with E-state index in [1.165, 1.54) is 6.92 Å². The predicted molar refractivity (Wildman–Crippen MR) is 115 cm³/mol. The molecule has 9 nitrogen and oxygen atoms in total. The molecule has 160 valence electrons. The smallest absolute Gasteiger partial charge is 0.344 e. The molecule has 2 aromatic carbocycles. The van der Waals surface area contributed by atoms with Gasteiger partial charge in [0.05, 0.1) is 0 Å². The number of carbonyl (C=O) groups is 2. The normalized spacial score (nSPS) is 10.4. The van der Waals surface area contributed by atoms with Crippen LogP contribution in [0, 0.1) is 0 Å². The fourth-order valence-corrected chi connectivity index (χ4v) is 2.76. The third-order valence-electron chi connectivity index (χ3n) is 4.30. The number of nitrogens with one attached hydrogen (secondary N) is 1. The lowest BCUT2D eigenvalue weighted by atomic mass is 10.1. The molecule has 1 aromatic heterocycles. The lowest BCUT2D eigenvalue weighted by molar-refractivity contribution is -0.147. The van der Waals surface area contributed by atoms with Gasteiger partial charge in [-0.1, -0.05) is 37.3 Å². The summed E-state index contributed by atoms with van der Waals surface area (Å²) in [6, 6.07) is 14.3. The van der Waals surface area contributed by atoms with Crippen LogP contribution in [0.25, 0.3) is 0 Å². The first kappa shape index (κ1) is 21.7. The zero-order valence-electron chi connectivity index (χ0n) is 17.3. The number of para-hydroxylation sites is 1. The molecule has 0 spiro atoms. The zero-order chi connectivity index (χ0) is 22.2. The van der Waals surface area contributed by atoms with Crippen molar-refractivity contribution in [2.75, 3.05) is 17.7 Å². The monoisotopic (exact) mass is 421 g/mol. The summed E-state index contributed by atoms with van der Waals surface area (Å²) in [4.78, 5) is 35.8. The molecule has 0 aliphatic carbocycles. The number of aromatic nitrogens is 3. The van der Waals surface area contributed by atoms with E-state index in [2.05, 4.69) is 20.3 Å². The number of Topliss-reactive ketones (excluding diaryl/α,β-unsaturated/α-hetero) is 1. The van der Waals surface area contributed by atoms with Crippen LogP contribution in [0.5, 0.6) is 5.75 Å². The van der Waals surface area contributed by atoms with Crippen molar-refractivity contribution in [2.45, 2.75) is 26.9 Å². The Bertz CT molecular complexity index is 1090. The molecule has 0 atom stereocenters. The zero-order valence-corrected chi connectivity index (χ0v) is 17.3. The first-order valence-corrected chi connectivity index (χ1v) is 9.69. The number of benzene rings is 2. The van der Waals surface area contributed by atoms with E-state index >= 15 is 0 Å². The number of carbonyl (C=O) groups excluding carboxylic acids is 2. The number of hydrogen-bond acceptors (Lipinski definition) is 9. The Balaban J connectivity index is 1.58. The number of nitrogens with two attached hydrogens (primary N) is 1. The number of aryl methyl sites for hydroxylation is 1. The molecule has 1 heterocycles. The third kappa shape index (κ3) is 6.23. The van der Waals surface area contributed by atoms with Gasteiger partial charge in [0.1, 0.15) is 5.75 Å². The van der Waals surface area contributed by atoms with Crippen molar-refractivity contribution >= 4 is 29.3 Å². The molecule has 31 heavy (non-hydrogen) atoms. The van der Waals surface area contributed by atoms with Gasteiger partial charge in [-0.3, -0.25) is 4.79 Å². The second-order valence-electron chi connectivity index (χ2n) is 6.60. The highest BCUT2D eigenvalue weighted by atomic mass is 16.6. The quantitative estimate of drug-likeness (QED) is 0.395. The summed E-state index contributed by atoms with van der Waals surface area (Å²) in [5.74, 6) is 0.169. The molecule has 0 fully saturated rings. The number of nitrogen functional groups attached to an aromatic ring is 1. The molecule has 9 heteroatoms. The number of hydrogen-bond donors (Lipinski definition) is 2. The summed E-state index contributed by atoms with van der Waals surface area (Å²) in [5.41, 5.74) is 8.22. The molecule has 0 saturated carbocycles. The Labute approximate surface area is 179 Å². The Morgan fingerprint density at radius 3 is 2.65 bits per heavy atom. The van der Waals surface area contributed by atoms with Crippen molar-refractivity contribution in [3.8, 4) is 5.75 Å². The van der Waals surface area contributed by atoms with E-state index in [1.807, 2.05) is 31.2 Å². The topological polar surface area (TPSA) is 129 Å². The largest absolute Gasteiger partial charge is 0.482 e. The van der Waals surface area contributed by atoms with Crippen LogP contribution in [0.1, 0.15) is 35.6 Å². The van der Waals surface area contributed by atoms with Crippen molar-refractivity contribution in [1.82, 2.24) is 15.0 Å². The molecule has 0 radical (unpaired) electrons. The third-order valence-corrected chi connectivity index (χ3v) is 4.30. The standard InChI is InChI=1S/C22H23N5O4/c1-3-15-7-4-5-10-18(15)24-22-26-19(25-21(23)27-22)12-31-20(29)13-30-17-9-6-8-16(11-17)14(2)28/h4-11H,3,12-13H2,1-2H3,(H3,23,24,25,26,27). The second kappa shape index (κ2) is 10.1. The summed E-state index contributed by atoms with van der Waals surface area (Å²) in [7, 11) is 0. The van der Waals surface area contributed by atoms with Gasteiger partial charge in [0.15, 0.2) is 24.8 Å². The van der Waals surface area contributed by atoms with E-state index in [-0.39, 0.29) is 36.7 Å². The van der Waals surface area contributed by atoms with E-state index in [1.54, 1.807) is 24.3 Å². The molecule has 0 amide bonds. The Hall–Kier alpha value is -4.01. The SMILES string of the molecule is CCc1ccccc1Nc1nc(N)nc(COC(=O)COc2cccc(C(C)=O)c2)n1. The predicted octanol–water partition coefficient (Wildman–Crippen LogP) is 3.08. The van der Waals surface area contributed by atoms with Gasteiger partial charge >= 0.3 is 5.97 Å². The Morgan fingerprint density at radius 2 is 1.87 bits per heavy atom. The average molecular weight is 421 g/mol. The van der Waals surface area contributed by atoms with E-state index in [0.717, 1.165) is 17.7 Å². The molecular formula is C22H23N5O4. The number of nitrogens with zero attached hydrogens (tertiary/aromatic N) is 3. The van der Waals surface area contributed by atoms with Crippen LogP contribution >= 0.6 is 0 Å². The molecular weight excluding hydrogens is 398 g/mol. The summed E-state index contributed by atoms with van der Waals surface area (Å²) in [5, 5.41) is 3.12. The van der Waals surface area contributed by atoms with Crippen molar-refractivity contribution in [3.63, 3.8) is 0 Å². The molecule has 0 saturated heterocycles. The maximum Gasteiger partial charge on any atom is 0.344 e. The highest BCUT2D eigenvalue weighted by molar-refractivity contribution is 5.94. The summed E-state index contributed by atoms with van der Waals surface area (Å²) >= 11 is 0. The van der Waals surface area contributed by atoms with Gasteiger partial charge < -0.3 is 20.5 Å². The molecule has 0 unspecified atom stereocenters. The first-order chi connectivity index (χ1) is 14.9. The first-order valence-electron chi connectivity index (χ1n) is 9.69. The molecule has 3 aromatic rings. The van der Waals surface area contributed by atoms with Crippen LogP contribution in [0.2, 0.25) is 0 Å². The summed E-state index contributed by atoms with van der Waals surface area (Å²) in [6.07, 6.45) is 0.837. The molecule has 3 rings (SSSR count). The number of anilines is 3. The van der Waals surface area contributed by atoms with Crippen LogP contribution in [0.15, 0.2) is 48.5 Å². The fourth-order valence-electron chi connectivity index (χ4n) is 2.76. The van der Waals surface area contributed by atoms with Gasteiger partial charge in [-0.05, 0) is 37.1 Å². The molecule has 0 aliphatic heterocycles. The van der Waals surface area contributed by atoms with E-state index in [9.17, 15) is 9.59 Å². The number of rotatable bonds is 9. The average Bonchev–Trinajstić information content (AvgIpc) is 2.76. The van der Waals surface area contributed by atoms with Gasteiger partial charge in [0.2, 0.25) is 11.9 Å². The van der Waals surface area contributed by atoms with E-state index in [4.69, 9.17) is 15.2 Å². The minimum absolute atomic E-state index is 0.00910. The van der Waals surface area contributed by atoms with Crippen LogP contribution in [0.3, 0.4) is 0 Å². The Kier molecular flexibility index (Phi) is 7.10. The van der Waals surface area contributed by atoms with Gasteiger partial charge in [-0.15, -0.1) is 0 Å². The fraction of sp³-hybridized carbons (Fsp3) is 0.227. The second-order valence-corrected chi connectivity index (χ2v) is 6.60. The summed E-state index contributed by atoms with van der Waals surface area (Å²) < 4.78 is 10.5. The van der Waals surface area contributed by atoms with Crippen LogP contribution in [-0.4, -0.2) is 33.3 Å². The minimum atomic E-state index is -0.613. The summed E-state index contributed by atoms with van der Waals surface area (Å²) in [6.45, 7) is 2.99. The van der Waals surface area contributed by atoms with Crippen molar-refractivity contribution < 1.29 is 19.1 Å². The van der Waals surface area contributed by atoms with E-state index < -0.39 is 5.97 Å². The molecule has 3 N–H and O–H groups in total. The minimum Gasteiger partial charge on any atom is -0.482 e. The van der Waals surface area contributed by atoms with Crippen molar-refractivity contribution in [3.05, 3.63) is 65.5 Å². The van der Waals surface area contributed by atoms with Crippen molar-refractivity contribution in [1.29, 1.82) is 0 Å². The molecule has 0 aliphatic rings. The van der Waals surface area contributed by atoms with Crippen LogP contribution < -0.4 is 15.8 Å². The van der Waals surface area contributed by atoms with Gasteiger partial charge in [-0.25, -0.2) is 4.79 Å². The number of ketones is 1. The number of esters is 1. The van der Waals surface area contributed by atoms with Gasteiger partial charge in [0, 0.05) is 11.3 Å². The Morgan fingerprint density at radius 1 is 1.06 bits per heavy atom. The lowest BCUT2D eigenvalue weighted by Crippen LogP contribution is -2.16. The highest BCUT2D eigenvalue weighted by Gasteiger charge is 2.11. The van der Waals surface area contributed by atoms with E-state index in [0.29, 0.717) is 11.3 Å². The number of ether oxygens (including phenoxy) is 2. The van der Waals surface area contributed by atoms with Gasteiger partial charge in [-0.2, -0.15) is 15.0 Å². The van der Waals surface area contributed by atoms with Gasteiger partial charge in [0.25, 0.3) is 0 Å². The molecule has 0 bridgehead atoms. The lowest BCUT2D eigenvalue weighted by Gasteiger charge is -2.11. The van der Waals surface area contributed by atoms with Crippen LogP contribution in [-0.2, 0) is 22.6 Å². The maximum absolute atomic E-state index is 12.0.